The van der Waals surface area contributed by atoms with Gasteiger partial charge in [-0.05, 0) is 20.3 Å². The second-order valence-electron chi connectivity index (χ2n) is 7.22. The van der Waals surface area contributed by atoms with Crippen molar-refractivity contribution in [2.75, 3.05) is 0 Å². The zero-order chi connectivity index (χ0) is 16.8. The number of carboxylic acid groups (broad SMARTS) is 1. The zero-order valence-electron chi connectivity index (χ0n) is 15.1. The first-order valence-corrected chi connectivity index (χ1v) is 9.34. The van der Waals surface area contributed by atoms with Crippen molar-refractivity contribution in [3.8, 4) is 0 Å². The van der Waals surface area contributed by atoms with Gasteiger partial charge in [-0.25, -0.2) is 0 Å². The van der Waals surface area contributed by atoms with Crippen LogP contribution in [0.15, 0.2) is 0 Å². The van der Waals surface area contributed by atoms with Crippen LogP contribution >= 0.6 is 0 Å². The van der Waals surface area contributed by atoms with Crippen molar-refractivity contribution in [3.63, 3.8) is 0 Å². The van der Waals surface area contributed by atoms with Gasteiger partial charge in [0.15, 0.2) is 0 Å². The van der Waals surface area contributed by atoms with Gasteiger partial charge >= 0.3 is 5.97 Å². The summed E-state index contributed by atoms with van der Waals surface area (Å²) < 4.78 is 0. The molecule has 132 valence electrons. The molecule has 0 aliphatic rings. The van der Waals surface area contributed by atoms with Crippen molar-refractivity contribution in [3.05, 3.63) is 0 Å². The van der Waals surface area contributed by atoms with E-state index in [-0.39, 0.29) is 0 Å². The molecular formula is C19H38O3. The normalized spacial score (nSPS) is 13.3. The van der Waals surface area contributed by atoms with Crippen LogP contribution in [0.4, 0.5) is 0 Å². The van der Waals surface area contributed by atoms with E-state index in [1.165, 1.54) is 64.2 Å². The van der Waals surface area contributed by atoms with Gasteiger partial charge in [-0.3, -0.25) is 4.79 Å². The van der Waals surface area contributed by atoms with Crippen LogP contribution in [-0.2, 0) is 4.79 Å². The Labute approximate surface area is 137 Å². The van der Waals surface area contributed by atoms with Crippen LogP contribution in [0, 0.1) is 5.92 Å². The van der Waals surface area contributed by atoms with Crippen LogP contribution in [0.1, 0.15) is 104 Å². The molecule has 3 nitrogen and oxygen atoms in total. The molecule has 0 aromatic carbocycles. The van der Waals surface area contributed by atoms with E-state index in [1.807, 2.05) is 0 Å². The standard InChI is InChI=1S/C19H38O3/c1-4-5-6-7-8-9-10-11-12-13-14-15-16-17(18(20)21)19(2,3)22/h17,22H,4-16H2,1-3H3,(H,20,21)/t17-/m0/s1. The molecule has 0 bridgehead atoms. The van der Waals surface area contributed by atoms with E-state index in [4.69, 9.17) is 5.11 Å². The van der Waals surface area contributed by atoms with Crippen molar-refractivity contribution >= 4 is 5.97 Å². The van der Waals surface area contributed by atoms with Crippen LogP contribution in [0.2, 0.25) is 0 Å². The Bertz CT molecular complexity index is 268. The van der Waals surface area contributed by atoms with Crippen LogP contribution in [-0.4, -0.2) is 21.8 Å². The summed E-state index contributed by atoms with van der Waals surface area (Å²) in [6, 6.07) is 0. The largest absolute Gasteiger partial charge is 0.481 e. The Balaban J connectivity index is 3.41. The SMILES string of the molecule is CCCCCCCCCCCCCC[C@@H](C(=O)O)C(C)(C)O. The lowest BCUT2D eigenvalue weighted by atomic mass is 9.86. The molecule has 0 saturated heterocycles. The molecule has 0 fully saturated rings. The third-order valence-electron chi connectivity index (χ3n) is 4.50. The van der Waals surface area contributed by atoms with Crippen LogP contribution in [0.3, 0.4) is 0 Å². The highest BCUT2D eigenvalue weighted by molar-refractivity contribution is 5.71. The number of hydrogen-bond acceptors (Lipinski definition) is 2. The lowest BCUT2D eigenvalue weighted by Gasteiger charge is -2.25. The predicted octanol–water partition coefficient (Wildman–Crippen LogP) is 5.55. The number of hydrogen-bond donors (Lipinski definition) is 2. The van der Waals surface area contributed by atoms with Gasteiger partial charge in [-0.1, -0.05) is 84.0 Å². The van der Waals surface area contributed by atoms with E-state index in [2.05, 4.69) is 6.92 Å². The summed E-state index contributed by atoms with van der Waals surface area (Å²) in [6.45, 7) is 5.43. The molecule has 22 heavy (non-hydrogen) atoms. The molecule has 0 aromatic heterocycles. The summed E-state index contributed by atoms with van der Waals surface area (Å²) in [5.74, 6) is -1.52. The van der Waals surface area contributed by atoms with Gasteiger partial charge in [-0.2, -0.15) is 0 Å². The first-order chi connectivity index (χ1) is 10.4. The Morgan fingerprint density at radius 2 is 1.18 bits per heavy atom. The molecule has 0 amide bonds. The number of aliphatic hydroxyl groups is 1. The number of aliphatic carboxylic acids is 1. The molecular weight excluding hydrogens is 276 g/mol. The number of unbranched alkanes of at least 4 members (excludes halogenated alkanes) is 11. The molecule has 3 heteroatoms. The topological polar surface area (TPSA) is 57.5 Å². The molecule has 0 rings (SSSR count). The summed E-state index contributed by atoms with van der Waals surface area (Å²) in [6.07, 6.45) is 15.9. The summed E-state index contributed by atoms with van der Waals surface area (Å²) in [5.41, 5.74) is -1.12. The minimum absolute atomic E-state index is 0.580. The van der Waals surface area contributed by atoms with E-state index in [1.54, 1.807) is 13.8 Å². The first kappa shape index (κ1) is 21.4. The summed E-state index contributed by atoms with van der Waals surface area (Å²) in [4.78, 5) is 11.1. The minimum Gasteiger partial charge on any atom is -0.481 e. The maximum Gasteiger partial charge on any atom is 0.309 e. The fourth-order valence-electron chi connectivity index (χ4n) is 2.97. The molecule has 0 aliphatic carbocycles. The van der Waals surface area contributed by atoms with E-state index >= 15 is 0 Å². The molecule has 0 radical (unpaired) electrons. The van der Waals surface area contributed by atoms with Gasteiger partial charge in [0, 0.05) is 0 Å². The number of carboxylic acids is 1. The Morgan fingerprint density at radius 1 is 0.818 bits per heavy atom. The molecule has 2 N–H and O–H groups in total. The zero-order valence-corrected chi connectivity index (χ0v) is 15.1. The fourth-order valence-corrected chi connectivity index (χ4v) is 2.97. The van der Waals surface area contributed by atoms with E-state index in [9.17, 15) is 9.90 Å². The van der Waals surface area contributed by atoms with Gasteiger partial charge in [-0.15, -0.1) is 0 Å². The highest BCUT2D eigenvalue weighted by Gasteiger charge is 2.32. The Hall–Kier alpha value is -0.570. The van der Waals surface area contributed by atoms with Crippen LogP contribution in [0.25, 0.3) is 0 Å². The van der Waals surface area contributed by atoms with E-state index in [0.29, 0.717) is 6.42 Å². The predicted molar refractivity (Wildman–Crippen MR) is 93.1 cm³/mol. The molecule has 0 aromatic rings. The second-order valence-corrected chi connectivity index (χ2v) is 7.22. The highest BCUT2D eigenvalue weighted by atomic mass is 16.4. The van der Waals surface area contributed by atoms with Crippen LogP contribution in [0.5, 0.6) is 0 Å². The maximum absolute atomic E-state index is 11.1. The molecule has 0 saturated carbocycles. The van der Waals surface area contributed by atoms with Crippen LogP contribution < -0.4 is 0 Å². The number of carbonyl (C=O) groups is 1. The van der Waals surface area contributed by atoms with Gasteiger partial charge < -0.3 is 10.2 Å². The van der Waals surface area contributed by atoms with Gasteiger partial charge in [0.25, 0.3) is 0 Å². The van der Waals surface area contributed by atoms with Gasteiger partial charge in [0.05, 0.1) is 11.5 Å². The molecule has 0 heterocycles. The lowest BCUT2D eigenvalue weighted by molar-refractivity contribution is -0.150. The highest BCUT2D eigenvalue weighted by Crippen LogP contribution is 2.23. The quantitative estimate of drug-likeness (QED) is 0.390. The van der Waals surface area contributed by atoms with Crippen molar-refractivity contribution in [2.45, 2.75) is 110 Å². The number of rotatable bonds is 15. The molecule has 0 spiro atoms. The van der Waals surface area contributed by atoms with Gasteiger partial charge in [0.2, 0.25) is 0 Å². The molecule has 0 unspecified atom stereocenters. The maximum atomic E-state index is 11.1. The summed E-state index contributed by atoms with van der Waals surface area (Å²) >= 11 is 0. The van der Waals surface area contributed by atoms with Gasteiger partial charge in [0.1, 0.15) is 0 Å². The average Bonchev–Trinajstić information content (AvgIpc) is 2.42. The first-order valence-electron chi connectivity index (χ1n) is 9.34. The van der Waals surface area contributed by atoms with Crippen molar-refractivity contribution < 1.29 is 15.0 Å². The van der Waals surface area contributed by atoms with E-state index in [0.717, 1.165) is 12.8 Å². The average molecular weight is 315 g/mol. The van der Waals surface area contributed by atoms with Crippen molar-refractivity contribution in [2.24, 2.45) is 5.92 Å². The third kappa shape index (κ3) is 12.0. The minimum atomic E-state index is -1.12. The van der Waals surface area contributed by atoms with Crippen molar-refractivity contribution in [1.82, 2.24) is 0 Å². The smallest absolute Gasteiger partial charge is 0.309 e. The molecule has 1 atom stereocenters. The van der Waals surface area contributed by atoms with E-state index < -0.39 is 17.5 Å². The Kier molecular flexibility index (Phi) is 12.6. The summed E-state index contributed by atoms with van der Waals surface area (Å²) in [7, 11) is 0. The fraction of sp³-hybridized carbons (Fsp3) is 0.947. The van der Waals surface area contributed by atoms with Crippen molar-refractivity contribution in [1.29, 1.82) is 0 Å². The lowest BCUT2D eigenvalue weighted by Crippen LogP contribution is -2.36. The summed E-state index contributed by atoms with van der Waals surface area (Å²) in [5, 5.41) is 19.0. The molecule has 0 aliphatic heterocycles. The third-order valence-corrected chi connectivity index (χ3v) is 4.50. The second kappa shape index (κ2) is 12.9. The Morgan fingerprint density at radius 3 is 1.50 bits per heavy atom. The monoisotopic (exact) mass is 314 g/mol.